The van der Waals surface area contributed by atoms with Crippen molar-refractivity contribution in [3.8, 4) is 5.75 Å². The molecule has 2 aromatic rings. The molecule has 0 amide bonds. The zero-order valence-electron chi connectivity index (χ0n) is 11.6. The summed E-state index contributed by atoms with van der Waals surface area (Å²) in [5.74, 6) is 0.708. The van der Waals surface area contributed by atoms with Gasteiger partial charge in [-0.05, 0) is 30.3 Å². The van der Waals surface area contributed by atoms with Crippen molar-refractivity contribution in [1.82, 2.24) is 10.3 Å². The molecule has 0 aliphatic carbocycles. The highest BCUT2D eigenvalue weighted by molar-refractivity contribution is 6.30. The third-order valence-electron chi connectivity index (χ3n) is 2.86. The number of allylic oxidation sites excluding steroid dienone is 1. The van der Waals surface area contributed by atoms with Gasteiger partial charge in [0.05, 0.1) is 11.4 Å². The van der Waals surface area contributed by atoms with E-state index in [1.165, 1.54) is 6.21 Å². The summed E-state index contributed by atoms with van der Waals surface area (Å²) in [6.45, 7) is 0.376. The van der Waals surface area contributed by atoms with Gasteiger partial charge in [-0.2, -0.15) is 0 Å². The van der Waals surface area contributed by atoms with Crippen LogP contribution in [0.4, 0.5) is 0 Å². The molecular weight excluding hydrogens is 286 g/mol. The van der Waals surface area contributed by atoms with Crippen molar-refractivity contribution in [2.24, 2.45) is 0 Å². The maximum Gasteiger partial charge on any atom is 0.121 e. The molecule has 0 bridgehead atoms. The number of nitrogens with zero attached hydrogens (tertiary/aromatic N) is 1. The van der Waals surface area contributed by atoms with E-state index >= 15 is 0 Å². The van der Waals surface area contributed by atoms with E-state index in [2.05, 4.69) is 10.3 Å². The Bertz CT molecular complexity index is 655. The van der Waals surface area contributed by atoms with Crippen LogP contribution in [0.25, 0.3) is 5.70 Å². The number of ether oxygens (including phenoxy) is 1. The molecule has 0 atom stereocenters. The zero-order valence-corrected chi connectivity index (χ0v) is 12.4. The van der Waals surface area contributed by atoms with Crippen LogP contribution in [0.2, 0.25) is 5.02 Å². The van der Waals surface area contributed by atoms with Crippen LogP contribution in [0.15, 0.2) is 48.7 Å². The second kappa shape index (κ2) is 7.45. The fourth-order valence-corrected chi connectivity index (χ4v) is 2.06. The number of rotatable bonds is 6. The number of aromatic nitrogens is 1. The summed E-state index contributed by atoms with van der Waals surface area (Å²) >= 11 is 5.94. The molecule has 2 rings (SSSR count). The number of pyridine rings is 1. The lowest BCUT2D eigenvalue weighted by Crippen LogP contribution is -2.10. The standard InChI is InChI=1S/C16H16ClN3O/c1-19-15(7-8-18)16-12(4-3-9-20-16)11-21-14-6-2-5-13(17)10-14/h2-10,18-19H,11H2,1H3/b15-7-,18-8?. The van der Waals surface area contributed by atoms with Crippen LogP contribution in [-0.4, -0.2) is 18.2 Å². The lowest BCUT2D eigenvalue weighted by atomic mass is 10.1. The normalized spacial score (nSPS) is 11.0. The molecule has 1 aromatic heterocycles. The van der Waals surface area contributed by atoms with Gasteiger partial charge in [0.2, 0.25) is 0 Å². The van der Waals surface area contributed by atoms with Crippen molar-refractivity contribution in [3.05, 3.63) is 65.0 Å². The van der Waals surface area contributed by atoms with Crippen LogP contribution in [0, 0.1) is 5.41 Å². The predicted octanol–water partition coefficient (Wildman–Crippen LogP) is 3.52. The van der Waals surface area contributed by atoms with Gasteiger partial charge >= 0.3 is 0 Å². The Morgan fingerprint density at radius 2 is 2.24 bits per heavy atom. The molecule has 108 valence electrons. The molecule has 2 N–H and O–H groups in total. The van der Waals surface area contributed by atoms with Crippen LogP contribution in [-0.2, 0) is 6.61 Å². The zero-order chi connectivity index (χ0) is 15.1. The van der Waals surface area contributed by atoms with E-state index < -0.39 is 0 Å². The van der Waals surface area contributed by atoms with Crippen LogP contribution in [0.3, 0.4) is 0 Å². The number of benzene rings is 1. The van der Waals surface area contributed by atoms with E-state index in [0.717, 1.165) is 17.0 Å². The van der Waals surface area contributed by atoms with Gasteiger partial charge in [-0.25, -0.2) is 0 Å². The first-order valence-corrected chi connectivity index (χ1v) is 6.83. The van der Waals surface area contributed by atoms with Gasteiger partial charge in [0.1, 0.15) is 12.4 Å². The van der Waals surface area contributed by atoms with Crippen molar-refractivity contribution in [3.63, 3.8) is 0 Å². The van der Waals surface area contributed by atoms with Crippen LogP contribution in [0.5, 0.6) is 5.75 Å². The Balaban J connectivity index is 2.20. The highest BCUT2D eigenvalue weighted by Crippen LogP contribution is 2.20. The topological polar surface area (TPSA) is 58.0 Å². The molecule has 1 heterocycles. The van der Waals surface area contributed by atoms with Gasteiger partial charge in [-0.3, -0.25) is 4.98 Å². The van der Waals surface area contributed by atoms with Gasteiger partial charge in [0.15, 0.2) is 0 Å². The smallest absolute Gasteiger partial charge is 0.121 e. The van der Waals surface area contributed by atoms with Crippen LogP contribution in [0.1, 0.15) is 11.3 Å². The number of nitrogens with one attached hydrogen (secondary N) is 2. The molecule has 0 aliphatic heterocycles. The van der Waals surface area contributed by atoms with Gasteiger partial charge in [-0.15, -0.1) is 0 Å². The van der Waals surface area contributed by atoms with E-state index in [1.54, 1.807) is 31.5 Å². The van der Waals surface area contributed by atoms with E-state index in [9.17, 15) is 0 Å². The molecule has 4 nitrogen and oxygen atoms in total. The Morgan fingerprint density at radius 1 is 1.38 bits per heavy atom. The summed E-state index contributed by atoms with van der Waals surface area (Å²) < 4.78 is 5.75. The van der Waals surface area contributed by atoms with Gasteiger partial charge in [-0.1, -0.05) is 23.7 Å². The Morgan fingerprint density at radius 3 is 2.95 bits per heavy atom. The third-order valence-corrected chi connectivity index (χ3v) is 3.09. The average molecular weight is 302 g/mol. The van der Waals surface area contributed by atoms with Crippen molar-refractivity contribution in [2.45, 2.75) is 6.61 Å². The quantitative estimate of drug-likeness (QED) is 0.803. The minimum atomic E-state index is 0.376. The second-order valence-corrected chi connectivity index (χ2v) is 4.69. The molecule has 1 aromatic carbocycles. The highest BCUT2D eigenvalue weighted by Gasteiger charge is 2.08. The molecule has 0 aliphatic rings. The van der Waals surface area contributed by atoms with Crippen molar-refractivity contribution in [2.75, 3.05) is 7.05 Å². The number of halogens is 1. The van der Waals surface area contributed by atoms with E-state index in [4.69, 9.17) is 21.7 Å². The average Bonchev–Trinajstić information content (AvgIpc) is 2.51. The highest BCUT2D eigenvalue weighted by atomic mass is 35.5. The summed E-state index contributed by atoms with van der Waals surface area (Å²) in [4.78, 5) is 4.36. The predicted molar refractivity (Wildman–Crippen MR) is 85.8 cm³/mol. The second-order valence-electron chi connectivity index (χ2n) is 4.25. The Hall–Kier alpha value is -2.33. The first kappa shape index (κ1) is 15.1. The first-order valence-electron chi connectivity index (χ1n) is 6.45. The molecule has 0 radical (unpaired) electrons. The maximum absolute atomic E-state index is 7.20. The van der Waals surface area contributed by atoms with Gasteiger partial charge in [0.25, 0.3) is 0 Å². The third kappa shape index (κ3) is 4.07. The van der Waals surface area contributed by atoms with Crippen molar-refractivity contribution in [1.29, 1.82) is 5.41 Å². The van der Waals surface area contributed by atoms with Crippen molar-refractivity contribution < 1.29 is 4.74 Å². The molecule has 0 fully saturated rings. The van der Waals surface area contributed by atoms with E-state index in [1.807, 2.05) is 24.3 Å². The molecule has 0 saturated heterocycles. The fraction of sp³-hybridized carbons (Fsp3) is 0.125. The maximum atomic E-state index is 7.20. The number of hydrogen-bond acceptors (Lipinski definition) is 4. The van der Waals surface area contributed by atoms with E-state index in [-0.39, 0.29) is 0 Å². The molecule has 5 heteroatoms. The SMILES string of the molecule is CN/C(=C\C=N)c1ncccc1COc1cccc(Cl)c1. The summed E-state index contributed by atoms with van der Waals surface area (Å²) in [6, 6.07) is 11.1. The minimum Gasteiger partial charge on any atom is -0.489 e. The van der Waals surface area contributed by atoms with Gasteiger partial charge < -0.3 is 15.5 Å². The summed E-state index contributed by atoms with van der Waals surface area (Å²) in [5, 5.41) is 10.9. The van der Waals surface area contributed by atoms with Crippen molar-refractivity contribution >= 4 is 23.5 Å². The summed E-state index contributed by atoms with van der Waals surface area (Å²) in [5.41, 5.74) is 2.47. The summed E-state index contributed by atoms with van der Waals surface area (Å²) in [6.07, 6.45) is 4.60. The van der Waals surface area contributed by atoms with E-state index in [0.29, 0.717) is 17.4 Å². The lowest BCUT2D eigenvalue weighted by Gasteiger charge is -2.12. The first-order chi connectivity index (χ1) is 10.2. The minimum absolute atomic E-state index is 0.376. The van der Waals surface area contributed by atoms with Gasteiger partial charge in [0, 0.05) is 30.0 Å². The molecule has 0 unspecified atom stereocenters. The molecule has 0 spiro atoms. The molecule has 0 saturated carbocycles. The fourth-order valence-electron chi connectivity index (χ4n) is 1.88. The van der Waals surface area contributed by atoms with Crippen LogP contribution >= 0.6 is 11.6 Å². The number of hydrogen-bond donors (Lipinski definition) is 2. The molecule has 21 heavy (non-hydrogen) atoms. The summed E-state index contributed by atoms with van der Waals surface area (Å²) in [7, 11) is 1.80. The largest absolute Gasteiger partial charge is 0.489 e. The lowest BCUT2D eigenvalue weighted by molar-refractivity contribution is 0.305. The monoisotopic (exact) mass is 301 g/mol. The Labute approximate surface area is 128 Å². The molecular formula is C16H16ClN3O. The van der Waals surface area contributed by atoms with Crippen LogP contribution < -0.4 is 10.1 Å². The Kier molecular flexibility index (Phi) is 5.35.